The van der Waals surface area contributed by atoms with Crippen LogP contribution >= 0.6 is 24.0 Å². The molecule has 6 rings (SSSR count). The minimum Gasteiger partial charge on any atom is -0.306 e. The van der Waals surface area contributed by atoms with Crippen molar-refractivity contribution in [3.63, 3.8) is 0 Å². The average Bonchev–Trinajstić information content (AvgIpc) is 3.20. The maximum Gasteiger partial charge on any atom is 0.151 e. The topological polar surface area (TPSA) is 42.7 Å². The molecule has 2 heterocycles. The van der Waals surface area contributed by atoms with Crippen molar-refractivity contribution in [2.75, 3.05) is 0 Å². The van der Waals surface area contributed by atoms with Crippen LogP contribution < -0.4 is 5.32 Å². The van der Waals surface area contributed by atoms with Crippen molar-refractivity contribution >= 4 is 40.4 Å². The van der Waals surface area contributed by atoms with Gasteiger partial charge in [0.05, 0.1) is 17.1 Å². The lowest BCUT2D eigenvalue weighted by Gasteiger charge is -2.32. The first kappa shape index (κ1) is 21.2. The van der Waals surface area contributed by atoms with Gasteiger partial charge in [-0.3, -0.25) is 4.57 Å². The van der Waals surface area contributed by atoms with Gasteiger partial charge < -0.3 is 5.32 Å². The monoisotopic (exact) mass is 462 g/mol. The summed E-state index contributed by atoms with van der Waals surface area (Å²) in [5.41, 5.74) is 6.30. The molecule has 6 heteroatoms. The summed E-state index contributed by atoms with van der Waals surface area (Å²) in [4.78, 5) is -0.370. The lowest BCUT2D eigenvalue weighted by atomic mass is 9.80. The van der Waals surface area contributed by atoms with E-state index in [0.717, 1.165) is 37.3 Å². The maximum atomic E-state index is 7.24. The molecule has 0 amide bonds. The number of hydrogen-bond donors (Lipinski definition) is 1. The quantitative estimate of drug-likeness (QED) is 0.363. The maximum absolute atomic E-state index is 7.24. The second kappa shape index (κ2) is 8.36. The Morgan fingerprint density at radius 1 is 1.00 bits per heavy atom. The van der Waals surface area contributed by atoms with Crippen LogP contribution in [0.25, 0.3) is 22.0 Å². The van der Waals surface area contributed by atoms with E-state index in [9.17, 15) is 0 Å². The largest absolute Gasteiger partial charge is 0.306 e. The van der Waals surface area contributed by atoms with E-state index in [0.29, 0.717) is 6.54 Å². The first-order valence-corrected chi connectivity index (χ1v) is 11.2. The Balaban J connectivity index is 0.00000216. The summed E-state index contributed by atoms with van der Waals surface area (Å²) in [6, 6.07) is 21.8. The number of aromatic nitrogens is 3. The molecule has 0 saturated heterocycles. The van der Waals surface area contributed by atoms with Crippen LogP contribution in [-0.4, -0.2) is 14.8 Å². The van der Waals surface area contributed by atoms with Crippen molar-refractivity contribution in [1.29, 1.82) is 0 Å². The van der Waals surface area contributed by atoms with E-state index in [1.54, 1.807) is 6.33 Å². The van der Waals surface area contributed by atoms with E-state index >= 15 is 0 Å². The van der Waals surface area contributed by atoms with Gasteiger partial charge in [0.25, 0.3) is 0 Å². The van der Waals surface area contributed by atoms with Crippen LogP contribution in [-0.2, 0) is 18.0 Å². The molecule has 0 bridgehead atoms. The zero-order chi connectivity index (χ0) is 20.8. The van der Waals surface area contributed by atoms with E-state index in [-0.39, 0.29) is 17.3 Å². The molecule has 1 atom stereocenters. The first-order chi connectivity index (χ1) is 15.2. The standard InChI is InChI=1S/C26H23ClN4.ClH/c27-26(21-8-9-24-20(14-21)15-28-16-25-30-29-17-31(24)25)12-10-19(11-13-26)23-7-3-5-18-4-1-2-6-22(18)23;/h1-10,14,17,28H,11-13,15-16H2;1H. The number of fused-ring (bicyclic) bond motifs is 4. The SMILES string of the molecule is Cl.ClC1(c2ccc3c(c2)CNCc2nncn2-3)CC=C(c2cccc3ccccc23)CC1. The Morgan fingerprint density at radius 2 is 1.88 bits per heavy atom. The number of benzene rings is 3. The summed E-state index contributed by atoms with van der Waals surface area (Å²) >= 11 is 7.24. The zero-order valence-corrected chi connectivity index (χ0v) is 19.2. The number of rotatable bonds is 2. The van der Waals surface area contributed by atoms with Crippen LogP contribution in [0.2, 0.25) is 0 Å². The average molecular weight is 463 g/mol. The number of allylic oxidation sites excluding steroid dienone is 2. The van der Waals surface area contributed by atoms with E-state index in [1.807, 2.05) is 0 Å². The molecular weight excluding hydrogens is 439 g/mol. The Hall–Kier alpha value is -2.66. The molecule has 0 spiro atoms. The molecule has 4 aromatic rings. The number of alkyl halides is 1. The van der Waals surface area contributed by atoms with Crippen LogP contribution in [0.3, 0.4) is 0 Å². The van der Waals surface area contributed by atoms with Crippen LogP contribution in [0.1, 0.15) is 41.8 Å². The van der Waals surface area contributed by atoms with Gasteiger partial charge in [0.2, 0.25) is 0 Å². The Bertz CT molecular complexity index is 1320. The molecular formula is C26H24Cl2N4. The van der Waals surface area contributed by atoms with Crippen LogP contribution in [0.4, 0.5) is 0 Å². The fourth-order valence-corrected chi connectivity index (χ4v) is 5.25. The molecule has 1 unspecified atom stereocenters. The van der Waals surface area contributed by atoms with Gasteiger partial charge in [0.15, 0.2) is 5.82 Å². The predicted octanol–water partition coefficient (Wildman–Crippen LogP) is 6.15. The first-order valence-electron chi connectivity index (χ1n) is 10.8. The van der Waals surface area contributed by atoms with Crippen LogP contribution in [0, 0.1) is 0 Å². The van der Waals surface area contributed by atoms with E-state index < -0.39 is 0 Å². The molecule has 1 aliphatic carbocycles. The molecule has 1 aromatic heterocycles. The van der Waals surface area contributed by atoms with Crippen LogP contribution in [0.5, 0.6) is 0 Å². The van der Waals surface area contributed by atoms with Gasteiger partial charge in [0.1, 0.15) is 6.33 Å². The fraction of sp³-hybridized carbons (Fsp3) is 0.231. The smallest absolute Gasteiger partial charge is 0.151 e. The molecule has 3 aromatic carbocycles. The van der Waals surface area contributed by atoms with Crippen molar-refractivity contribution in [2.45, 2.75) is 37.2 Å². The summed E-state index contributed by atoms with van der Waals surface area (Å²) < 4.78 is 2.07. The number of nitrogens with one attached hydrogen (secondary N) is 1. The molecule has 1 aliphatic heterocycles. The van der Waals surface area contributed by atoms with Gasteiger partial charge in [-0.2, -0.15) is 0 Å². The summed E-state index contributed by atoms with van der Waals surface area (Å²) in [5, 5.41) is 14.3. The van der Waals surface area contributed by atoms with E-state index in [1.165, 1.54) is 33.0 Å². The van der Waals surface area contributed by atoms with Gasteiger partial charge in [-0.15, -0.1) is 34.2 Å². The normalized spacial score (nSPS) is 20.0. The van der Waals surface area contributed by atoms with Crippen LogP contribution in [0.15, 0.2) is 73.1 Å². The third-order valence-corrected chi connectivity index (χ3v) is 7.23. The number of hydrogen-bond acceptors (Lipinski definition) is 3. The van der Waals surface area contributed by atoms with E-state index in [4.69, 9.17) is 11.6 Å². The second-order valence-electron chi connectivity index (χ2n) is 8.49. The number of nitrogens with zero attached hydrogens (tertiary/aromatic N) is 3. The summed E-state index contributed by atoms with van der Waals surface area (Å²) in [6.07, 6.45) is 6.87. The minimum atomic E-state index is -0.370. The van der Waals surface area contributed by atoms with Gasteiger partial charge in [-0.25, -0.2) is 0 Å². The van der Waals surface area contributed by atoms with E-state index in [2.05, 4.69) is 86.8 Å². The summed E-state index contributed by atoms with van der Waals surface area (Å²) in [6.45, 7) is 1.52. The highest BCUT2D eigenvalue weighted by molar-refractivity contribution is 6.24. The Morgan fingerprint density at radius 3 is 2.75 bits per heavy atom. The molecule has 1 N–H and O–H groups in total. The molecule has 162 valence electrons. The highest BCUT2D eigenvalue weighted by Crippen LogP contribution is 2.46. The lowest BCUT2D eigenvalue weighted by Crippen LogP contribution is -2.22. The third kappa shape index (κ3) is 3.53. The van der Waals surface area contributed by atoms with Crippen molar-refractivity contribution in [3.8, 4) is 5.69 Å². The Kier molecular flexibility index (Phi) is 5.54. The number of halogens is 2. The van der Waals surface area contributed by atoms with Gasteiger partial charge in [0, 0.05) is 6.54 Å². The van der Waals surface area contributed by atoms with Gasteiger partial charge in [-0.05, 0) is 58.4 Å². The van der Waals surface area contributed by atoms with Crippen molar-refractivity contribution in [1.82, 2.24) is 20.1 Å². The molecule has 32 heavy (non-hydrogen) atoms. The van der Waals surface area contributed by atoms with Crippen molar-refractivity contribution in [3.05, 3.63) is 95.6 Å². The van der Waals surface area contributed by atoms with Gasteiger partial charge >= 0.3 is 0 Å². The second-order valence-corrected chi connectivity index (χ2v) is 9.21. The molecule has 0 fully saturated rings. The zero-order valence-electron chi connectivity index (χ0n) is 17.6. The Labute approximate surface area is 198 Å². The minimum absolute atomic E-state index is 0. The van der Waals surface area contributed by atoms with Crippen molar-refractivity contribution < 1.29 is 0 Å². The molecule has 0 radical (unpaired) electrons. The van der Waals surface area contributed by atoms with Gasteiger partial charge in [-0.1, -0.05) is 60.7 Å². The predicted molar refractivity (Wildman–Crippen MR) is 132 cm³/mol. The van der Waals surface area contributed by atoms with Crippen molar-refractivity contribution in [2.24, 2.45) is 0 Å². The highest BCUT2D eigenvalue weighted by Gasteiger charge is 2.33. The summed E-state index contributed by atoms with van der Waals surface area (Å²) in [7, 11) is 0. The third-order valence-electron chi connectivity index (χ3n) is 6.67. The lowest BCUT2D eigenvalue weighted by molar-refractivity contribution is 0.554. The molecule has 0 saturated carbocycles. The molecule has 2 aliphatic rings. The molecule has 4 nitrogen and oxygen atoms in total. The highest BCUT2D eigenvalue weighted by atomic mass is 35.5. The summed E-state index contributed by atoms with van der Waals surface area (Å²) in [5.74, 6) is 0.937. The fourth-order valence-electron chi connectivity index (χ4n) is 4.96.